The number of aliphatic imine (C=N–C) groups is 1. The molecule has 0 aliphatic heterocycles. The summed E-state index contributed by atoms with van der Waals surface area (Å²) in [6.45, 7) is 4.17. The zero-order valence-corrected chi connectivity index (χ0v) is 15.7. The van der Waals surface area contributed by atoms with Crippen LogP contribution in [0.3, 0.4) is 0 Å². The Morgan fingerprint density at radius 1 is 0.920 bits per heavy atom. The van der Waals surface area contributed by atoms with Crippen molar-refractivity contribution in [1.82, 2.24) is 0 Å². The van der Waals surface area contributed by atoms with Gasteiger partial charge in [-0.3, -0.25) is 4.99 Å². The second-order valence-corrected chi connectivity index (χ2v) is 7.37. The second kappa shape index (κ2) is 7.63. The van der Waals surface area contributed by atoms with Crippen molar-refractivity contribution in [3.05, 3.63) is 89.0 Å². The summed E-state index contributed by atoms with van der Waals surface area (Å²) < 4.78 is 0. The van der Waals surface area contributed by atoms with Crippen molar-refractivity contribution in [3.63, 3.8) is 0 Å². The minimum atomic E-state index is 0.354. The second-order valence-electron chi connectivity index (χ2n) is 6.08. The zero-order chi connectivity index (χ0) is 17.8. The third kappa shape index (κ3) is 3.81. The van der Waals surface area contributed by atoms with Crippen LogP contribution in [0.15, 0.2) is 71.7 Å². The molecule has 3 aromatic carbocycles. The first-order valence-corrected chi connectivity index (χ1v) is 9.29. The Bertz CT molecular complexity index is 917. The molecule has 25 heavy (non-hydrogen) atoms. The summed E-state index contributed by atoms with van der Waals surface area (Å²) in [6.07, 6.45) is 0. The van der Waals surface area contributed by atoms with Crippen molar-refractivity contribution in [3.8, 4) is 5.75 Å². The van der Waals surface area contributed by atoms with Crippen molar-refractivity contribution < 1.29 is 5.11 Å². The van der Waals surface area contributed by atoms with Crippen molar-refractivity contribution in [2.75, 3.05) is 7.05 Å². The summed E-state index contributed by atoms with van der Waals surface area (Å²) in [5.41, 5.74) is 5.60. The summed E-state index contributed by atoms with van der Waals surface area (Å²) in [6, 6.07) is 22.3. The first kappa shape index (κ1) is 17.4. The molecule has 1 atom stereocenters. The van der Waals surface area contributed by atoms with E-state index in [4.69, 9.17) is 0 Å². The van der Waals surface area contributed by atoms with E-state index in [0.29, 0.717) is 14.3 Å². The van der Waals surface area contributed by atoms with Crippen LogP contribution in [0, 0.1) is 13.8 Å². The van der Waals surface area contributed by atoms with Crippen molar-refractivity contribution in [1.29, 1.82) is 0 Å². The van der Waals surface area contributed by atoms with Gasteiger partial charge in [-0.15, -0.1) is 0 Å². The van der Waals surface area contributed by atoms with Gasteiger partial charge in [0.2, 0.25) is 0 Å². The van der Waals surface area contributed by atoms with Crippen molar-refractivity contribution in [2.45, 2.75) is 13.8 Å². The highest BCUT2D eigenvalue weighted by Crippen LogP contribution is 2.24. The molecule has 3 rings (SSSR count). The molecule has 126 valence electrons. The van der Waals surface area contributed by atoms with Gasteiger partial charge in [-0.05, 0) is 36.8 Å². The monoisotopic (exact) mass is 347 g/mol. The molecule has 0 aromatic heterocycles. The van der Waals surface area contributed by atoms with Crippen molar-refractivity contribution >= 4 is 24.9 Å². The highest BCUT2D eigenvalue weighted by Gasteiger charge is 2.15. The fourth-order valence-corrected chi connectivity index (χ4v) is 4.31. The van der Waals surface area contributed by atoms with Crippen molar-refractivity contribution in [2.24, 2.45) is 4.99 Å². The number of hydrogen-bond acceptors (Lipinski definition) is 2. The van der Waals surface area contributed by atoms with E-state index in [0.717, 1.165) is 27.7 Å². The van der Waals surface area contributed by atoms with Crippen LogP contribution >= 0.6 is 8.58 Å². The topological polar surface area (TPSA) is 32.6 Å². The largest absolute Gasteiger partial charge is 0.507 e. The fraction of sp³-hybridized carbons (Fsp3) is 0.136. The Morgan fingerprint density at radius 3 is 2.40 bits per heavy atom. The normalized spacial score (nSPS) is 12.0. The Kier molecular flexibility index (Phi) is 5.31. The van der Waals surface area contributed by atoms with Crippen LogP contribution in [0.2, 0.25) is 0 Å². The van der Waals surface area contributed by atoms with Gasteiger partial charge < -0.3 is 5.11 Å². The third-order valence-electron chi connectivity index (χ3n) is 4.21. The maximum atomic E-state index is 10.3. The van der Waals surface area contributed by atoms with E-state index in [1.54, 1.807) is 6.07 Å². The van der Waals surface area contributed by atoms with E-state index in [9.17, 15) is 5.11 Å². The molecule has 3 heteroatoms. The maximum Gasteiger partial charge on any atom is 0.123 e. The molecular weight excluding hydrogens is 325 g/mol. The van der Waals surface area contributed by atoms with E-state index >= 15 is 0 Å². The molecule has 3 aromatic rings. The van der Waals surface area contributed by atoms with Gasteiger partial charge in [-0.25, -0.2) is 0 Å². The van der Waals surface area contributed by atoms with Gasteiger partial charge in [0.1, 0.15) is 5.75 Å². The molecular formula is C22H22NOP. The molecule has 0 saturated heterocycles. The predicted molar refractivity (Wildman–Crippen MR) is 110 cm³/mol. The minimum Gasteiger partial charge on any atom is -0.507 e. The standard InChI is InChI=1S/C22H22NOP/c1-15-12-13-19(24)20(14-15)25-22-16(2)8-7-11-18(22)21(23-3)17-9-5-4-6-10-17/h4-14,24-25H,1-3H3/b23-21+. The lowest BCUT2D eigenvalue weighted by molar-refractivity contribution is 0.479. The summed E-state index contributed by atoms with van der Waals surface area (Å²) in [7, 11) is 2.21. The molecule has 0 saturated carbocycles. The highest BCUT2D eigenvalue weighted by atomic mass is 31.1. The fourth-order valence-electron chi connectivity index (χ4n) is 2.92. The Labute approximate surface area is 151 Å². The minimum absolute atomic E-state index is 0.354. The van der Waals surface area contributed by atoms with Gasteiger partial charge in [0, 0.05) is 23.5 Å². The lowest BCUT2D eigenvalue weighted by Gasteiger charge is -2.16. The Morgan fingerprint density at radius 2 is 1.68 bits per heavy atom. The smallest absolute Gasteiger partial charge is 0.123 e. The molecule has 0 aliphatic rings. The van der Waals surface area contributed by atoms with E-state index < -0.39 is 0 Å². The van der Waals surface area contributed by atoms with Gasteiger partial charge >= 0.3 is 0 Å². The molecule has 1 unspecified atom stereocenters. The van der Waals surface area contributed by atoms with Crippen LogP contribution in [0.4, 0.5) is 0 Å². The van der Waals surface area contributed by atoms with E-state index in [2.05, 4.69) is 55.2 Å². The van der Waals surface area contributed by atoms with Crippen LogP contribution in [-0.4, -0.2) is 17.9 Å². The lowest BCUT2D eigenvalue weighted by atomic mass is 10.0. The van der Waals surface area contributed by atoms with Gasteiger partial charge in [-0.1, -0.05) is 68.7 Å². The molecule has 1 N–H and O–H groups in total. The molecule has 2 nitrogen and oxygen atoms in total. The first-order valence-electron chi connectivity index (χ1n) is 8.29. The van der Waals surface area contributed by atoms with Gasteiger partial charge in [0.15, 0.2) is 0 Å². The number of phenolic OH excluding ortho intramolecular Hbond substituents is 1. The first-order chi connectivity index (χ1) is 12.1. The van der Waals surface area contributed by atoms with Gasteiger partial charge in [0.25, 0.3) is 0 Å². The van der Waals surface area contributed by atoms with Crippen LogP contribution in [0.5, 0.6) is 5.75 Å². The molecule has 0 aliphatic carbocycles. The molecule has 0 fully saturated rings. The average Bonchev–Trinajstić information content (AvgIpc) is 2.62. The van der Waals surface area contributed by atoms with Crippen LogP contribution in [-0.2, 0) is 0 Å². The SMILES string of the molecule is C/N=C(\c1ccccc1)c1cccc(C)c1Pc1cc(C)ccc1O. The lowest BCUT2D eigenvalue weighted by Crippen LogP contribution is -2.18. The molecule has 0 radical (unpaired) electrons. The predicted octanol–water partition coefficient (Wildman–Crippen LogP) is 4.11. The van der Waals surface area contributed by atoms with Gasteiger partial charge in [-0.2, -0.15) is 0 Å². The maximum absolute atomic E-state index is 10.3. The summed E-state index contributed by atoms with van der Waals surface area (Å²) >= 11 is 0. The Hall–Kier alpha value is -2.44. The zero-order valence-electron chi connectivity index (χ0n) is 14.7. The number of aryl methyl sites for hydroxylation is 2. The molecule has 0 amide bonds. The Balaban J connectivity index is 2.10. The number of hydrogen-bond donors (Lipinski definition) is 1. The van der Waals surface area contributed by atoms with E-state index in [1.807, 2.05) is 31.3 Å². The van der Waals surface area contributed by atoms with E-state index in [-0.39, 0.29) is 0 Å². The quantitative estimate of drug-likeness (QED) is 0.559. The number of phenols is 1. The number of rotatable bonds is 4. The highest BCUT2D eigenvalue weighted by molar-refractivity contribution is 7.56. The molecule has 0 bridgehead atoms. The average molecular weight is 347 g/mol. The third-order valence-corrected chi connectivity index (χ3v) is 5.79. The summed E-state index contributed by atoms with van der Waals surface area (Å²) in [4.78, 5) is 4.57. The number of nitrogens with zero attached hydrogens (tertiary/aromatic N) is 1. The summed E-state index contributed by atoms with van der Waals surface area (Å²) in [5.74, 6) is 0.354. The molecule has 0 spiro atoms. The van der Waals surface area contributed by atoms with Crippen LogP contribution < -0.4 is 10.6 Å². The van der Waals surface area contributed by atoms with Gasteiger partial charge in [0.05, 0.1) is 5.71 Å². The number of benzene rings is 3. The molecule has 0 heterocycles. The van der Waals surface area contributed by atoms with E-state index in [1.165, 1.54) is 10.9 Å². The summed E-state index contributed by atoms with van der Waals surface area (Å²) in [5, 5.41) is 12.5. The number of aromatic hydroxyl groups is 1. The van der Waals surface area contributed by atoms with Crippen LogP contribution in [0.1, 0.15) is 22.3 Å². The van der Waals surface area contributed by atoms with Crippen LogP contribution in [0.25, 0.3) is 0 Å².